The second-order valence-electron chi connectivity index (χ2n) is 4.31. The number of nitrogens with one attached hydrogen (secondary N) is 1. The van der Waals surface area contributed by atoms with Gasteiger partial charge in [0.2, 0.25) is 10.0 Å². The van der Waals surface area contributed by atoms with Crippen molar-refractivity contribution in [3.63, 3.8) is 0 Å². The molecule has 0 heterocycles. The summed E-state index contributed by atoms with van der Waals surface area (Å²) in [6.45, 7) is 2.71. The number of sulfonamides is 1. The van der Waals surface area contributed by atoms with Crippen LogP contribution < -0.4 is 5.32 Å². The summed E-state index contributed by atoms with van der Waals surface area (Å²) in [6.07, 6.45) is 0.860. The van der Waals surface area contributed by atoms with Gasteiger partial charge in [-0.05, 0) is 37.6 Å². The van der Waals surface area contributed by atoms with Gasteiger partial charge in [-0.3, -0.25) is 0 Å². The molecule has 1 N–H and O–H groups in total. The van der Waals surface area contributed by atoms with E-state index >= 15 is 0 Å². The van der Waals surface area contributed by atoms with E-state index in [0.717, 1.165) is 18.7 Å². The quantitative estimate of drug-likeness (QED) is 0.818. The average molecular weight is 291 g/mol. The first-order chi connectivity index (χ1) is 8.34. The van der Waals surface area contributed by atoms with Crippen LogP contribution in [-0.2, 0) is 10.0 Å². The van der Waals surface area contributed by atoms with Crippen molar-refractivity contribution < 1.29 is 8.42 Å². The molecule has 6 heteroatoms. The van der Waals surface area contributed by atoms with Crippen LogP contribution in [0.15, 0.2) is 29.2 Å². The van der Waals surface area contributed by atoms with Crippen LogP contribution in [0.1, 0.15) is 13.3 Å². The number of hydrogen-bond acceptors (Lipinski definition) is 3. The van der Waals surface area contributed by atoms with Crippen LogP contribution in [0.4, 0.5) is 5.69 Å². The topological polar surface area (TPSA) is 49.4 Å². The highest BCUT2D eigenvalue weighted by Gasteiger charge is 2.16. The molecule has 18 heavy (non-hydrogen) atoms. The van der Waals surface area contributed by atoms with Gasteiger partial charge >= 0.3 is 0 Å². The zero-order valence-corrected chi connectivity index (χ0v) is 12.4. The molecule has 0 aliphatic carbocycles. The van der Waals surface area contributed by atoms with E-state index in [1.54, 1.807) is 24.3 Å². The summed E-state index contributed by atoms with van der Waals surface area (Å²) >= 11 is 5.84. The maximum absolute atomic E-state index is 11.8. The monoisotopic (exact) mass is 290 g/mol. The van der Waals surface area contributed by atoms with Gasteiger partial charge in [0, 0.05) is 31.7 Å². The molecule has 0 saturated carbocycles. The van der Waals surface area contributed by atoms with Crippen LogP contribution in [0, 0.1) is 0 Å². The van der Waals surface area contributed by atoms with E-state index in [1.807, 2.05) is 6.92 Å². The minimum atomic E-state index is -3.34. The zero-order valence-electron chi connectivity index (χ0n) is 10.9. The van der Waals surface area contributed by atoms with E-state index in [4.69, 9.17) is 11.6 Å². The second kappa shape index (κ2) is 6.41. The van der Waals surface area contributed by atoms with E-state index in [1.165, 1.54) is 18.4 Å². The lowest BCUT2D eigenvalue weighted by Crippen LogP contribution is -2.22. The number of hydrogen-bond donors (Lipinski definition) is 1. The van der Waals surface area contributed by atoms with Gasteiger partial charge < -0.3 is 5.32 Å². The molecule has 0 amide bonds. The van der Waals surface area contributed by atoms with Gasteiger partial charge in [0.25, 0.3) is 0 Å². The standard InChI is InChI=1S/C12H19ClN2O2S/c1-10(13)8-9-14-11-4-6-12(7-5-11)18(16,17)15(2)3/h4-7,10,14H,8-9H2,1-3H3. The van der Waals surface area contributed by atoms with Crippen molar-refractivity contribution in [3.05, 3.63) is 24.3 Å². The fourth-order valence-electron chi connectivity index (χ4n) is 1.37. The molecule has 0 saturated heterocycles. The van der Waals surface area contributed by atoms with Gasteiger partial charge in [0.1, 0.15) is 0 Å². The van der Waals surface area contributed by atoms with Gasteiger partial charge in [0.15, 0.2) is 0 Å². The third kappa shape index (κ3) is 4.15. The summed E-state index contributed by atoms with van der Waals surface area (Å²) in [5.41, 5.74) is 0.894. The number of rotatable bonds is 6. The summed E-state index contributed by atoms with van der Waals surface area (Å²) in [6, 6.07) is 6.72. The lowest BCUT2D eigenvalue weighted by molar-refractivity contribution is 0.521. The Hall–Kier alpha value is -0.780. The molecule has 1 rings (SSSR count). The van der Waals surface area contributed by atoms with Crippen LogP contribution in [0.25, 0.3) is 0 Å². The Kier molecular flexibility index (Phi) is 5.44. The Morgan fingerprint density at radius 2 is 1.83 bits per heavy atom. The fourth-order valence-corrected chi connectivity index (χ4v) is 2.38. The van der Waals surface area contributed by atoms with Gasteiger partial charge in [0.05, 0.1) is 4.90 Å². The average Bonchev–Trinajstić information content (AvgIpc) is 2.29. The molecule has 0 aliphatic heterocycles. The molecular weight excluding hydrogens is 272 g/mol. The number of halogens is 1. The number of nitrogens with zero attached hydrogens (tertiary/aromatic N) is 1. The number of alkyl halides is 1. The van der Waals surface area contributed by atoms with Crippen molar-refractivity contribution in [2.45, 2.75) is 23.6 Å². The maximum atomic E-state index is 11.8. The third-order valence-corrected chi connectivity index (χ3v) is 4.55. The molecule has 0 radical (unpaired) electrons. The first-order valence-corrected chi connectivity index (χ1v) is 7.62. The van der Waals surface area contributed by atoms with Crippen molar-refractivity contribution in [3.8, 4) is 0 Å². The lowest BCUT2D eigenvalue weighted by atomic mass is 10.3. The fraction of sp³-hybridized carbons (Fsp3) is 0.500. The molecular formula is C12H19ClN2O2S. The molecule has 1 unspecified atom stereocenters. The highest BCUT2D eigenvalue weighted by Crippen LogP contribution is 2.16. The molecule has 0 spiro atoms. The van der Waals surface area contributed by atoms with Crippen LogP contribution in [0.5, 0.6) is 0 Å². The maximum Gasteiger partial charge on any atom is 0.242 e. The van der Waals surface area contributed by atoms with Gasteiger partial charge in [-0.15, -0.1) is 11.6 Å². The zero-order chi connectivity index (χ0) is 13.8. The molecule has 1 aromatic rings. The Labute approximate surface area is 114 Å². The van der Waals surface area contributed by atoms with Crippen molar-refractivity contribution in [2.24, 2.45) is 0 Å². The van der Waals surface area contributed by atoms with Crippen molar-refractivity contribution >= 4 is 27.3 Å². The Balaban J connectivity index is 2.69. The molecule has 102 valence electrons. The smallest absolute Gasteiger partial charge is 0.242 e. The Morgan fingerprint density at radius 3 is 2.28 bits per heavy atom. The minimum absolute atomic E-state index is 0.130. The van der Waals surface area contributed by atoms with Crippen LogP contribution in [0.3, 0.4) is 0 Å². The van der Waals surface area contributed by atoms with Crippen molar-refractivity contribution in [2.75, 3.05) is 26.0 Å². The minimum Gasteiger partial charge on any atom is -0.385 e. The van der Waals surface area contributed by atoms with E-state index < -0.39 is 10.0 Å². The largest absolute Gasteiger partial charge is 0.385 e. The lowest BCUT2D eigenvalue weighted by Gasteiger charge is -2.12. The van der Waals surface area contributed by atoms with Crippen LogP contribution in [0.2, 0.25) is 0 Å². The molecule has 1 aromatic carbocycles. The van der Waals surface area contributed by atoms with E-state index in [2.05, 4.69) is 5.32 Å². The molecule has 0 aromatic heterocycles. The summed E-state index contributed by atoms with van der Waals surface area (Å²) in [4.78, 5) is 0.295. The molecule has 1 atom stereocenters. The highest BCUT2D eigenvalue weighted by atomic mass is 35.5. The van der Waals surface area contributed by atoms with Gasteiger partial charge in [-0.2, -0.15) is 0 Å². The summed E-state index contributed by atoms with van der Waals surface area (Å²) in [5, 5.41) is 3.32. The van der Waals surface area contributed by atoms with E-state index in [9.17, 15) is 8.42 Å². The van der Waals surface area contributed by atoms with Crippen LogP contribution >= 0.6 is 11.6 Å². The summed E-state index contributed by atoms with van der Waals surface area (Å²) < 4.78 is 24.9. The normalized spacial score (nSPS) is 13.6. The molecule has 0 aliphatic rings. The molecule has 4 nitrogen and oxygen atoms in total. The Morgan fingerprint density at radius 1 is 1.28 bits per heavy atom. The molecule has 0 bridgehead atoms. The number of anilines is 1. The summed E-state index contributed by atoms with van der Waals surface area (Å²) in [7, 11) is -0.309. The first kappa shape index (κ1) is 15.3. The first-order valence-electron chi connectivity index (χ1n) is 5.74. The van der Waals surface area contributed by atoms with Gasteiger partial charge in [-0.25, -0.2) is 12.7 Å². The van der Waals surface area contributed by atoms with E-state index in [0.29, 0.717) is 4.90 Å². The number of benzene rings is 1. The predicted octanol–water partition coefficient (Wildman–Crippen LogP) is 2.37. The van der Waals surface area contributed by atoms with Gasteiger partial charge in [-0.1, -0.05) is 0 Å². The van der Waals surface area contributed by atoms with Crippen LogP contribution in [-0.4, -0.2) is 38.7 Å². The second-order valence-corrected chi connectivity index (χ2v) is 7.20. The third-order valence-electron chi connectivity index (χ3n) is 2.50. The van der Waals surface area contributed by atoms with Crippen molar-refractivity contribution in [1.29, 1.82) is 0 Å². The van der Waals surface area contributed by atoms with E-state index in [-0.39, 0.29) is 5.38 Å². The highest BCUT2D eigenvalue weighted by molar-refractivity contribution is 7.89. The predicted molar refractivity (Wildman–Crippen MR) is 75.7 cm³/mol. The SMILES string of the molecule is CC(Cl)CCNc1ccc(S(=O)(=O)N(C)C)cc1. The Bertz CT molecular complexity index is 469. The van der Waals surface area contributed by atoms with Crippen molar-refractivity contribution in [1.82, 2.24) is 4.31 Å². The molecule has 0 fully saturated rings. The summed E-state index contributed by atoms with van der Waals surface area (Å²) in [5.74, 6) is 0.